The third kappa shape index (κ3) is 1.72. The van der Waals surface area contributed by atoms with E-state index in [9.17, 15) is 4.39 Å². The summed E-state index contributed by atoms with van der Waals surface area (Å²) in [5, 5.41) is 1.05. The predicted molar refractivity (Wildman–Crippen MR) is 68.4 cm³/mol. The molecule has 0 saturated heterocycles. The lowest BCUT2D eigenvalue weighted by Gasteiger charge is -2.00. The molecule has 0 atom stereocenters. The van der Waals surface area contributed by atoms with Crippen molar-refractivity contribution in [2.45, 2.75) is 6.92 Å². The summed E-state index contributed by atoms with van der Waals surface area (Å²) >= 11 is 0. The summed E-state index contributed by atoms with van der Waals surface area (Å²) in [7, 11) is 0. The van der Waals surface area contributed by atoms with E-state index in [2.05, 4.69) is 36.2 Å². The molecule has 1 nitrogen and oxygen atoms in total. The SMILES string of the molecule is Cc1ccc(-c2c[nH]c3cc(F)ccc23)cc1. The number of halogens is 1. The number of rotatable bonds is 1. The Morgan fingerprint density at radius 1 is 1.00 bits per heavy atom. The third-order valence-corrected chi connectivity index (χ3v) is 3.01. The molecule has 2 heteroatoms. The molecule has 0 fully saturated rings. The minimum Gasteiger partial charge on any atom is -0.360 e. The highest BCUT2D eigenvalue weighted by Crippen LogP contribution is 2.28. The zero-order chi connectivity index (χ0) is 11.8. The van der Waals surface area contributed by atoms with Gasteiger partial charge in [0.2, 0.25) is 0 Å². The van der Waals surface area contributed by atoms with Crippen LogP contribution in [0.1, 0.15) is 5.56 Å². The van der Waals surface area contributed by atoms with E-state index >= 15 is 0 Å². The maximum absolute atomic E-state index is 13.1. The molecule has 0 unspecified atom stereocenters. The Hall–Kier alpha value is -2.09. The molecule has 1 N–H and O–H groups in total. The van der Waals surface area contributed by atoms with Crippen LogP contribution in [0.25, 0.3) is 22.0 Å². The maximum Gasteiger partial charge on any atom is 0.125 e. The molecule has 0 aliphatic rings. The molecule has 3 aromatic rings. The number of aromatic amines is 1. The van der Waals surface area contributed by atoms with Crippen LogP contribution in [0.3, 0.4) is 0 Å². The normalized spacial score (nSPS) is 10.9. The van der Waals surface area contributed by atoms with E-state index in [1.807, 2.05) is 12.3 Å². The van der Waals surface area contributed by atoms with Crippen LogP contribution in [0, 0.1) is 12.7 Å². The molecule has 0 radical (unpaired) electrons. The quantitative estimate of drug-likeness (QED) is 0.636. The molecule has 0 amide bonds. The molecule has 3 rings (SSSR count). The molecule has 0 aliphatic heterocycles. The first-order valence-corrected chi connectivity index (χ1v) is 5.58. The average Bonchev–Trinajstić information content (AvgIpc) is 2.73. The fourth-order valence-electron chi connectivity index (χ4n) is 2.07. The topological polar surface area (TPSA) is 15.8 Å². The number of hydrogen-bond acceptors (Lipinski definition) is 0. The van der Waals surface area contributed by atoms with Crippen molar-refractivity contribution in [3.63, 3.8) is 0 Å². The summed E-state index contributed by atoms with van der Waals surface area (Å²) in [6.07, 6.45) is 1.93. The Kier molecular flexibility index (Phi) is 2.22. The zero-order valence-corrected chi connectivity index (χ0v) is 9.50. The molecule has 17 heavy (non-hydrogen) atoms. The fourth-order valence-corrected chi connectivity index (χ4v) is 2.07. The molecule has 0 saturated carbocycles. The molecule has 1 aromatic heterocycles. The molecular formula is C15H12FN. The van der Waals surface area contributed by atoms with E-state index in [1.54, 1.807) is 0 Å². The smallest absolute Gasteiger partial charge is 0.125 e. The van der Waals surface area contributed by atoms with E-state index in [0.29, 0.717) is 0 Å². The van der Waals surface area contributed by atoms with Crippen molar-refractivity contribution >= 4 is 10.9 Å². The fraction of sp³-hybridized carbons (Fsp3) is 0.0667. The first-order chi connectivity index (χ1) is 8.24. The van der Waals surface area contributed by atoms with E-state index in [4.69, 9.17) is 0 Å². The molecule has 0 aliphatic carbocycles. The molecule has 2 aromatic carbocycles. The molecule has 0 spiro atoms. The Balaban J connectivity index is 2.21. The molecule has 84 valence electrons. The highest BCUT2D eigenvalue weighted by atomic mass is 19.1. The second-order valence-electron chi connectivity index (χ2n) is 4.26. The molecule has 0 bridgehead atoms. The lowest BCUT2D eigenvalue weighted by Crippen LogP contribution is -1.77. The number of fused-ring (bicyclic) bond motifs is 1. The van der Waals surface area contributed by atoms with Crippen molar-refractivity contribution in [1.29, 1.82) is 0 Å². The molecular weight excluding hydrogens is 213 g/mol. The van der Waals surface area contributed by atoms with E-state index < -0.39 is 0 Å². The van der Waals surface area contributed by atoms with Gasteiger partial charge in [0.25, 0.3) is 0 Å². The summed E-state index contributed by atoms with van der Waals surface area (Å²) in [4.78, 5) is 3.10. The second kappa shape index (κ2) is 3.74. The van der Waals surface area contributed by atoms with Crippen molar-refractivity contribution in [2.24, 2.45) is 0 Å². The minimum absolute atomic E-state index is 0.213. The van der Waals surface area contributed by atoms with Crippen LogP contribution in [0.2, 0.25) is 0 Å². The highest BCUT2D eigenvalue weighted by molar-refractivity contribution is 5.95. The summed E-state index contributed by atoms with van der Waals surface area (Å²) in [6, 6.07) is 13.2. The van der Waals surface area contributed by atoms with Crippen LogP contribution in [0.4, 0.5) is 4.39 Å². The van der Waals surface area contributed by atoms with Gasteiger partial charge in [-0.25, -0.2) is 4.39 Å². The standard InChI is InChI=1S/C15H12FN/c1-10-2-4-11(5-3-10)14-9-17-15-8-12(16)6-7-13(14)15/h2-9,17H,1H3. The first-order valence-electron chi connectivity index (χ1n) is 5.58. The van der Waals surface area contributed by atoms with Gasteiger partial charge in [0.05, 0.1) is 0 Å². The van der Waals surface area contributed by atoms with Gasteiger partial charge >= 0.3 is 0 Å². The predicted octanol–water partition coefficient (Wildman–Crippen LogP) is 4.28. The average molecular weight is 225 g/mol. The number of H-pyrrole nitrogens is 1. The van der Waals surface area contributed by atoms with Crippen molar-refractivity contribution in [1.82, 2.24) is 4.98 Å². The largest absolute Gasteiger partial charge is 0.360 e. The Labute approximate surface area is 98.9 Å². The third-order valence-electron chi connectivity index (χ3n) is 3.01. The first kappa shape index (κ1) is 10.1. The summed E-state index contributed by atoms with van der Waals surface area (Å²) < 4.78 is 13.1. The van der Waals surface area contributed by atoms with Crippen molar-refractivity contribution in [2.75, 3.05) is 0 Å². The number of nitrogens with one attached hydrogen (secondary N) is 1. The number of benzene rings is 2. The van der Waals surface area contributed by atoms with Gasteiger partial charge in [-0.3, -0.25) is 0 Å². The highest BCUT2D eigenvalue weighted by Gasteiger charge is 2.06. The number of aromatic nitrogens is 1. The van der Waals surface area contributed by atoms with Crippen molar-refractivity contribution in [3.05, 3.63) is 60.0 Å². The van der Waals surface area contributed by atoms with E-state index in [1.165, 1.54) is 17.7 Å². The monoisotopic (exact) mass is 225 g/mol. The van der Waals surface area contributed by atoms with Crippen LogP contribution in [-0.4, -0.2) is 4.98 Å². The van der Waals surface area contributed by atoms with Gasteiger partial charge in [-0.2, -0.15) is 0 Å². The summed E-state index contributed by atoms with van der Waals surface area (Å²) in [5.41, 5.74) is 4.33. The lowest BCUT2D eigenvalue weighted by atomic mass is 10.0. The zero-order valence-electron chi connectivity index (χ0n) is 9.50. The van der Waals surface area contributed by atoms with Gasteiger partial charge in [0.15, 0.2) is 0 Å². The van der Waals surface area contributed by atoms with Crippen LogP contribution in [-0.2, 0) is 0 Å². The van der Waals surface area contributed by atoms with Gasteiger partial charge in [0.1, 0.15) is 5.82 Å². The Bertz CT molecular complexity index is 665. The van der Waals surface area contributed by atoms with Gasteiger partial charge < -0.3 is 4.98 Å². The van der Waals surface area contributed by atoms with Crippen LogP contribution >= 0.6 is 0 Å². The van der Waals surface area contributed by atoms with Crippen LogP contribution < -0.4 is 0 Å². The maximum atomic E-state index is 13.1. The van der Waals surface area contributed by atoms with Gasteiger partial charge in [0, 0.05) is 22.7 Å². The second-order valence-corrected chi connectivity index (χ2v) is 4.26. The summed E-state index contributed by atoms with van der Waals surface area (Å²) in [5.74, 6) is -0.213. The van der Waals surface area contributed by atoms with Crippen molar-refractivity contribution in [3.8, 4) is 11.1 Å². The number of hydrogen-bond donors (Lipinski definition) is 1. The number of aryl methyl sites for hydroxylation is 1. The van der Waals surface area contributed by atoms with Crippen LogP contribution in [0.15, 0.2) is 48.7 Å². The Morgan fingerprint density at radius 2 is 1.76 bits per heavy atom. The van der Waals surface area contributed by atoms with E-state index in [-0.39, 0.29) is 5.82 Å². The van der Waals surface area contributed by atoms with Crippen molar-refractivity contribution < 1.29 is 4.39 Å². The lowest BCUT2D eigenvalue weighted by molar-refractivity contribution is 0.629. The summed E-state index contributed by atoms with van der Waals surface area (Å²) in [6.45, 7) is 2.06. The Morgan fingerprint density at radius 3 is 2.53 bits per heavy atom. The van der Waals surface area contributed by atoms with Gasteiger partial charge in [-0.15, -0.1) is 0 Å². The van der Waals surface area contributed by atoms with Crippen LogP contribution in [0.5, 0.6) is 0 Å². The minimum atomic E-state index is -0.213. The van der Waals surface area contributed by atoms with E-state index in [0.717, 1.165) is 22.0 Å². The van der Waals surface area contributed by atoms with Gasteiger partial charge in [-0.1, -0.05) is 29.8 Å². The molecule has 1 heterocycles. The van der Waals surface area contributed by atoms with Gasteiger partial charge in [-0.05, 0) is 30.7 Å².